The van der Waals surface area contributed by atoms with E-state index >= 15 is 0 Å². The van der Waals surface area contributed by atoms with Crippen molar-refractivity contribution < 1.29 is 23.5 Å². The minimum Gasteiger partial charge on any atom is -0.463 e. The lowest BCUT2D eigenvalue weighted by Gasteiger charge is -2.42. The van der Waals surface area contributed by atoms with Gasteiger partial charge in [0.05, 0.1) is 24.0 Å². The number of amides is 2. The molecule has 30 heavy (non-hydrogen) atoms. The Balaban J connectivity index is 2.05. The lowest BCUT2D eigenvalue weighted by molar-refractivity contribution is 0.0981. The van der Waals surface area contributed by atoms with Crippen LogP contribution in [0.4, 0.5) is 20.6 Å². The molecule has 1 atom stereocenters. The number of aryl methyl sites for hydroxylation is 2. The van der Waals surface area contributed by atoms with E-state index in [0.29, 0.717) is 35.7 Å². The Hall–Kier alpha value is -3.09. The lowest BCUT2D eigenvalue weighted by Crippen LogP contribution is -2.53. The first-order chi connectivity index (χ1) is 14.4. The van der Waals surface area contributed by atoms with Crippen LogP contribution < -0.4 is 14.5 Å². The first-order valence-electron chi connectivity index (χ1n) is 10.1. The summed E-state index contributed by atoms with van der Waals surface area (Å²) in [6.07, 6.45) is 0.256. The second kappa shape index (κ2) is 9.15. The molecule has 1 unspecified atom stereocenters. The average Bonchev–Trinajstić information content (AvgIpc) is 2.74. The molecular formula is C23H27FN2O4. The number of rotatable bonds is 5. The standard InChI is InChI=1S/C23H27FN2O4/c1-5-18-13-25(22(27)17-7-9-19(10-8-17)30-14-24)20-11-15(3)16(4)12-21(20)26(18)23(28)29-6-2/h7-12,18H,5-6,13-14H2,1-4H3. The summed E-state index contributed by atoms with van der Waals surface area (Å²) in [6, 6.07) is 10.0. The van der Waals surface area contributed by atoms with Crippen LogP contribution in [0, 0.1) is 13.8 Å². The number of carbonyl (C=O) groups excluding carboxylic acids is 2. The molecule has 1 heterocycles. The van der Waals surface area contributed by atoms with E-state index in [1.54, 1.807) is 41.0 Å². The molecule has 1 aliphatic heterocycles. The summed E-state index contributed by atoms with van der Waals surface area (Å²) in [4.78, 5) is 29.5. The molecule has 0 bridgehead atoms. The van der Waals surface area contributed by atoms with Crippen molar-refractivity contribution in [2.45, 2.75) is 40.2 Å². The number of anilines is 2. The van der Waals surface area contributed by atoms with Crippen LogP contribution in [0.3, 0.4) is 0 Å². The molecule has 0 aromatic heterocycles. The fourth-order valence-electron chi connectivity index (χ4n) is 3.64. The van der Waals surface area contributed by atoms with Gasteiger partial charge in [0.2, 0.25) is 6.86 Å². The summed E-state index contributed by atoms with van der Waals surface area (Å²) in [5.74, 6) is 0.174. The fourth-order valence-corrected chi connectivity index (χ4v) is 3.64. The van der Waals surface area contributed by atoms with Gasteiger partial charge in [0.15, 0.2) is 0 Å². The third kappa shape index (κ3) is 4.10. The number of halogens is 1. The number of alkyl halides is 1. The topological polar surface area (TPSA) is 59.1 Å². The highest BCUT2D eigenvalue weighted by Crippen LogP contribution is 2.39. The Bertz CT molecular complexity index is 930. The van der Waals surface area contributed by atoms with Crippen LogP contribution in [0.15, 0.2) is 36.4 Å². The summed E-state index contributed by atoms with van der Waals surface area (Å²) in [7, 11) is 0. The average molecular weight is 414 g/mol. The van der Waals surface area contributed by atoms with Crippen LogP contribution in [0.2, 0.25) is 0 Å². The number of nitrogens with zero attached hydrogens (tertiary/aromatic N) is 2. The van der Waals surface area contributed by atoms with Crippen molar-refractivity contribution in [2.75, 3.05) is 29.8 Å². The number of benzene rings is 2. The molecule has 0 radical (unpaired) electrons. The molecule has 3 rings (SSSR count). The first kappa shape index (κ1) is 21.6. The zero-order valence-corrected chi connectivity index (χ0v) is 17.8. The minimum absolute atomic E-state index is 0.187. The number of carbonyl (C=O) groups is 2. The highest BCUT2D eigenvalue weighted by atomic mass is 19.1. The molecule has 0 fully saturated rings. The third-order valence-electron chi connectivity index (χ3n) is 5.40. The Labute approximate surface area is 176 Å². The second-order valence-corrected chi connectivity index (χ2v) is 7.25. The lowest BCUT2D eigenvalue weighted by atomic mass is 9.99. The highest BCUT2D eigenvalue weighted by molar-refractivity contribution is 6.10. The SMILES string of the molecule is CCOC(=O)N1c2cc(C)c(C)cc2N(C(=O)c2ccc(OCF)cc2)CC1CC. The Morgan fingerprint density at radius 2 is 1.70 bits per heavy atom. The quantitative estimate of drug-likeness (QED) is 0.690. The Morgan fingerprint density at radius 3 is 2.27 bits per heavy atom. The molecule has 2 aromatic carbocycles. The van der Waals surface area contributed by atoms with Gasteiger partial charge in [-0.25, -0.2) is 9.18 Å². The number of hydrogen-bond acceptors (Lipinski definition) is 4. The number of fused-ring (bicyclic) bond motifs is 1. The van der Waals surface area contributed by atoms with Gasteiger partial charge in [-0.1, -0.05) is 6.92 Å². The van der Waals surface area contributed by atoms with E-state index in [1.807, 2.05) is 32.9 Å². The number of ether oxygens (including phenoxy) is 2. The van der Waals surface area contributed by atoms with Crippen LogP contribution in [-0.4, -0.2) is 38.1 Å². The largest absolute Gasteiger partial charge is 0.463 e. The van der Waals surface area contributed by atoms with E-state index in [4.69, 9.17) is 9.47 Å². The molecule has 0 saturated carbocycles. The molecule has 2 aromatic rings. The van der Waals surface area contributed by atoms with Crippen molar-refractivity contribution in [1.29, 1.82) is 0 Å². The molecular weight excluding hydrogens is 387 g/mol. The monoisotopic (exact) mass is 414 g/mol. The summed E-state index contributed by atoms with van der Waals surface area (Å²) < 4.78 is 22.5. The van der Waals surface area contributed by atoms with Crippen molar-refractivity contribution in [2.24, 2.45) is 0 Å². The van der Waals surface area contributed by atoms with E-state index < -0.39 is 13.0 Å². The molecule has 1 aliphatic rings. The molecule has 7 heteroatoms. The molecule has 0 aliphatic carbocycles. The van der Waals surface area contributed by atoms with Crippen LogP contribution in [0.25, 0.3) is 0 Å². The van der Waals surface area contributed by atoms with Crippen LogP contribution in [0.1, 0.15) is 41.8 Å². The van der Waals surface area contributed by atoms with Crippen molar-refractivity contribution in [1.82, 2.24) is 0 Å². The molecule has 2 amide bonds. The predicted molar refractivity (Wildman–Crippen MR) is 114 cm³/mol. The highest BCUT2D eigenvalue weighted by Gasteiger charge is 2.37. The van der Waals surface area contributed by atoms with E-state index in [-0.39, 0.29) is 18.6 Å². The van der Waals surface area contributed by atoms with E-state index in [0.717, 1.165) is 11.1 Å². The van der Waals surface area contributed by atoms with Gasteiger partial charge in [-0.2, -0.15) is 0 Å². The van der Waals surface area contributed by atoms with Gasteiger partial charge in [0, 0.05) is 12.1 Å². The smallest absolute Gasteiger partial charge is 0.414 e. The van der Waals surface area contributed by atoms with Crippen molar-refractivity contribution in [3.05, 3.63) is 53.1 Å². The first-order valence-corrected chi connectivity index (χ1v) is 10.1. The maximum Gasteiger partial charge on any atom is 0.414 e. The Morgan fingerprint density at radius 1 is 1.07 bits per heavy atom. The maximum absolute atomic E-state index is 13.4. The molecule has 6 nitrogen and oxygen atoms in total. The van der Waals surface area contributed by atoms with Gasteiger partial charge in [0.1, 0.15) is 5.75 Å². The minimum atomic E-state index is -0.923. The van der Waals surface area contributed by atoms with Gasteiger partial charge in [-0.3, -0.25) is 9.69 Å². The summed E-state index contributed by atoms with van der Waals surface area (Å²) in [5, 5.41) is 0. The van der Waals surface area contributed by atoms with Crippen molar-refractivity contribution in [3.63, 3.8) is 0 Å². The fraction of sp³-hybridized carbons (Fsp3) is 0.391. The molecule has 160 valence electrons. The third-order valence-corrected chi connectivity index (χ3v) is 5.40. The van der Waals surface area contributed by atoms with E-state index in [2.05, 4.69) is 0 Å². The normalized spacial score (nSPS) is 15.6. The molecule has 0 N–H and O–H groups in total. The van der Waals surface area contributed by atoms with Gasteiger partial charge in [-0.05, 0) is 74.7 Å². The summed E-state index contributed by atoms with van der Waals surface area (Å²) >= 11 is 0. The second-order valence-electron chi connectivity index (χ2n) is 7.25. The van der Waals surface area contributed by atoms with Crippen LogP contribution in [-0.2, 0) is 4.74 Å². The predicted octanol–water partition coefficient (Wildman–Crippen LogP) is 5.01. The molecule has 0 saturated heterocycles. The zero-order chi connectivity index (χ0) is 21.8. The van der Waals surface area contributed by atoms with Gasteiger partial charge < -0.3 is 14.4 Å². The van der Waals surface area contributed by atoms with E-state index in [1.165, 1.54) is 0 Å². The Kier molecular flexibility index (Phi) is 6.59. The maximum atomic E-state index is 13.4. The van der Waals surface area contributed by atoms with Crippen LogP contribution in [0.5, 0.6) is 5.75 Å². The number of hydrogen-bond donors (Lipinski definition) is 0. The molecule has 0 spiro atoms. The van der Waals surface area contributed by atoms with Gasteiger partial charge >= 0.3 is 6.09 Å². The van der Waals surface area contributed by atoms with Crippen LogP contribution >= 0.6 is 0 Å². The zero-order valence-electron chi connectivity index (χ0n) is 17.8. The van der Waals surface area contributed by atoms with Crippen molar-refractivity contribution in [3.8, 4) is 5.75 Å². The summed E-state index contributed by atoms with van der Waals surface area (Å²) in [5.41, 5.74) is 3.85. The summed E-state index contributed by atoms with van der Waals surface area (Å²) in [6.45, 7) is 7.42. The van der Waals surface area contributed by atoms with Gasteiger partial charge in [0.25, 0.3) is 5.91 Å². The van der Waals surface area contributed by atoms with Gasteiger partial charge in [-0.15, -0.1) is 0 Å². The van der Waals surface area contributed by atoms with E-state index in [9.17, 15) is 14.0 Å². The van der Waals surface area contributed by atoms with Crippen molar-refractivity contribution >= 4 is 23.4 Å².